The summed E-state index contributed by atoms with van der Waals surface area (Å²) in [6.45, 7) is 0. The van der Waals surface area contributed by atoms with Crippen LogP contribution in [0.5, 0.6) is 5.88 Å². The number of hydrogen-bond donors (Lipinski definition) is 3. The van der Waals surface area contributed by atoms with Gasteiger partial charge in [-0.2, -0.15) is 4.98 Å². The Bertz CT molecular complexity index is 1450. The Morgan fingerprint density at radius 1 is 0.970 bits per heavy atom. The molecule has 33 heavy (non-hydrogen) atoms. The Labute approximate surface area is 188 Å². The van der Waals surface area contributed by atoms with Gasteiger partial charge in [-0.15, -0.1) is 0 Å². The molecule has 0 spiro atoms. The average Bonchev–Trinajstić information content (AvgIpc) is 2.84. The van der Waals surface area contributed by atoms with Crippen molar-refractivity contribution in [2.24, 2.45) is 0 Å². The van der Waals surface area contributed by atoms with E-state index in [1.807, 2.05) is 0 Å². The molecule has 0 aliphatic heterocycles. The number of ether oxygens (including phenoxy) is 1. The molecule has 0 aliphatic rings. The summed E-state index contributed by atoms with van der Waals surface area (Å²) in [7, 11) is 0.373. The van der Waals surface area contributed by atoms with E-state index in [0.29, 0.717) is 28.4 Å². The van der Waals surface area contributed by atoms with E-state index in [2.05, 4.69) is 40.3 Å². The van der Waals surface area contributed by atoms with E-state index in [-0.39, 0.29) is 16.3 Å². The Morgan fingerprint density at radius 3 is 2.52 bits per heavy atom. The van der Waals surface area contributed by atoms with Gasteiger partial charge in [-0.3, -0.25) is 4.72 Å². The molecule has 0 bridgehead atoms. The number of sulfonamides is 1. The second-order valence-corrected chi connectivity index (χ2v) is 8.28. The molecule has 170 valence electrons. The highest BCUT2D eigenvalue weighted by Gasteiger charge is 2.24. The van der Waals surface area contributed by atoms with Crippen LogP contribution in [0.4, 0.5) is 22.0 Å². The quantitative estimate of drug-likeness (QED) is 0.368. The minimum Gasteiger partial charge on any atom is -0.480 e. The van der Waals surface area contributed by atoms with Gasteiger partial charge in [-0.05, 0) is 24.3 Å². The molecule has 0 saturated heterocycles. The zero-order valence-corrected chi connectivity index (χ0v) is 18.6. The van der Waals surface area contributed by atoms with Crippen LogP contribution in [0.1, 0.15) is 0 Å². The first-order valence-corrected chi connectivity index (χ1v) is 11.1. The van der Waals surface area contributed by atoms with Gasteiger partial charge >= 0.3 is 0 Å². The third kappa shape index (κ3) is 4.17. The fraction of sp³-hybridized carbons (Fsp3) is 0.150. The van der Waals surface area contributed by atoms with Gasteiger partial charge in [0, 0.05) is 49.2 Å². The SMILES string of the molecule is CNc1ncc2cc(-c3ccnc(NS(=O)(=O)c4cccnc4OC)c3F)c(NC)nc2n1. The molecule has 4 aromatic rings. The van der Waals surface area contributed by atoms with Crippen molar-refractivity contribution in [2.75, 3.05) is 36.6 Å². The maximum absolute atomic E-state index is 15.5. The number of nitrogens with one attached hydrogen (secondary N) is 3. The predicted molar refractivity (Wildman–Crippen MR) is 121 cm³/mol. The summed E-state index contributed by atoms with van der Waals surface area (Å²) in [6, 6.07) is 5.80. The van der Waals surface area contributed by atoms with Crippen molar-refractivity contribution in [3.05, 3.63) is 48.7 Å². The smallest absolute Gasteiger partial charge is 0.268 e. The normalized spacial score (nSPS) is 11.3. The molecule has 0 aliphatic carbocycles. The van der Waals surface area contributed by atoms with E-state index in [4.69, 9.17) is 4.74 Å². The van der Waals surface area contributed by atoms with Crippen molar-refractivity contribution in [2.45, 2.75) is 4.90 Å². The molecule has 0 amide bonds. The Kier molecular flexibility index (Phi) is 5.87. The fourth-order valence-electron chi connectivity index (χ4n) is 3.12. The standard InChI is InChI=1S/C20H19FN8O3S/c1-22-17-13(9-11-10-26-20(23-2)28-16(11)27-17)12-6-8-24-18(15(12)21)29-33(30,31)14-5-4-7-25-19(14)32-3/h4-10H,1-3H3,(H,24,29)(H2,22,23,26,27,28). The molecule has 11 nitrogen and oxygen atoms in total. The van der Waals surface area contributed by atoms with Crippen LogP contribution in [0.3, 0.4) is 0 Å². The zero-order valence-electron chi connectivity index (χ0n) is 17.8. The lowest BCUT2D eigenvalue weighted by atomic mass is 10.1. The number of anilines is 3. The molecule has 0 radical (unpaired) electrons. The number of pyridine rings is 3. The number of aromatic nitrogens is 5. The van der Waals surface area contributed by atoms with Crippen molar-refractivity contribution in [1.82, 2.24) is 24.9 Å². The van der Waals surface area contributed by atoms with Gasteiger partial charge < -0.3 is 15.4 Å². The topological polar surface area (TPSA) is 144 Å². The average molecular weight is 470 g/mol. The summed E-state index contributed by atoms with van der Waals surface area (Å²) in [5.74, 6) is -0.756. The molecule has 4 aromatic heterocycles. The highest BCUT2D eigenvalue weighted by molar-refractivity contribution is 7.92. The molecule has 0 fully saturated rings. The van der Waals surface area contributed by atoms with Gasteiger partial charge in [-0.25, -0.2) is 32.7 Å². The molecule has 0 saturated carbocycles. The largest absolute Gasteiger partial charge is 0.480 e. The highest BCUT2D eigenvalue weighted by Crippen LogP contribution is 2.34. The van der Waals surface area contributed by atoms with Gasteiger partial charge in [0.25, 0.3) is 10.0 Å². The van der Waals surface area contributed by atoms with Gasteiger partial charge in [-0.1, -0.05) is 0 Å². The van der Waals surface area contributed by atoms with Crippen LogP contribution in [-0.2, 0) is 10.0 Å². The first-order valence-electron chi connectivity index (χ1n) is 9.58. The second kappa shape index (κ2) is 8.78. The van der Waals surface area contributed by atoms with Crippen LogP contribution in [0, 0.1) is 5.82 Å². The van der Waals surface area contributed by atoms with Crippen molar-refractivity contribution in [3.8, 4) is 17.0 Å². The lowest BCUT2D eigenvalue weighted by Gasteiger charge is -2.14. The maximum Gasteiger partial charge on any atom is 0.268 e. The van der Waals surface area contributed by atoms with E-state index in [1.54, 1.807) is 26.4 Å². The number of rotatable bonds is 7. The van der Waals surface area contributed by atoms with E-state index in [1.165, 1.54) is 37.7 Å². The van der Waals surface area contributed by atoms with Crippen LogP contribution < -0.4 is 20.1 Å². The number of halogens is 1. The third-order valence-corrected chi connectivity index (χ3v) is 6.01. The number of fused-ring (bicyclic) bond motifs is 1. The second-order valence-electron chi connectivity index (χ2n) is 6.63. The fourth-order valence-corrected chi connectivity index (χ4v) is 4.25. The summed E-state index contributed by atoms with van der Waals surface area (Å²) in [5, 5.41) is 6.32. The predicted octanol–water partition coefficient (Wildman–Crippen LogP) is 2.51. The lowest BCUT2D eigenvalue weighted by molar-refractivity contribution is 0.385. The minimum atomic E-state index is -4.23. The van der Waals surface area contributed by atoms with Gasteiger partial charge in [0.15, 0.2) is 17.3 Å². The van der Waals surface area contributed by atoms with Crippen molar-refractivity contribution < 1.29 is 17.5 Å². The van der Waals surface area contributed by atoms with Crippen LogP contribution in [0.15, 0.2) is 47.8 Å². The summed E-state index contributed by atoms with van der Waals surface area (Å²) < 4.78 is 48.4. The Balaban J connectivity index is 1.80. The number of methoxy groups -OCH3 is 1. The Morgan fingerprint density at radius 2 is 1.79 bits per heavy atom. The summed E-state index contributed by atoms with van der Waals surface area (Å²) >= 11 is 0. The van der Waals surface area contributed by atoms with E-state index in [9.17, 15) is 8.42 Å². The van der Waals surface area contributed by atoms with Crippen molar-refractivity contribution >= 4 is 38.6 Å². The Hall–Kier alpha value is -4.13. The van der Waals surface area contributed by atoms with Gasteiger partial charge in [0.05, 0.1) is 7.11 Å². The molecular weight excluding hydrogens is 451 g/mol. The molecular formula is C20H19FN8O3S. The summed E-state index contributed by atoms with van der Waals surface area (Å²) in [4.78, 5) is 20.4. The molecule has 0 atom stereocenters. The molecule has 0 aromatic carbocycles. The van der Waals surface area contributed by atoms with Crippen LogP contribution in [0.25, 0.3) is 22.2 Å². The van der Waals surface area contributed by atoms with Crippen LogP contribution in [0.2, 0.25) is 0 Å². The first-order chi connectivity index (χ1) is 15.9. The summed E-state index contributed by atoms with van der Waals surface area (Å²) in [5.41, 5.74) is 0.865. The van der Waals surface area contributed by atoms with E-state index in [0.717, 1.165) is 0 Å². The molecule has 3 N–H and O–H groups in total. The van der Waals surface area contributed by atoms with Crippen LogP contribution in [-0.4, -0.2) is 54.5 Å². The first kappa shape index (κ1) is 22.1. The minimum absolute atomic E-state index is 0.0808. The highest BCUT2D eigenvalue weighted by atomic mass is 32.2. The maximum atomic E-state index is 15.5. The van der Waals surface area contributed by atoms with E-state index >= 15 is 4.39 Å². The summed E-state index contributed by atoms with van der Waals surface area (Å²) in [6.07, 6.45) is 4.23. The molecule has 13 heteroatoms. The molecule has 4 heterocycles. The van der Waals surface area contributed by atoms with Crippen molar-refractivity contribution in [3.63, 3.8) is 0 Å². The molecule has 4 rings (SSSR count). The van der Waals surface area contributed by atoms with Crippen molar-refractivity contribution in [1.29, 1.82) is 0 Å². The number of nitrogens with zero attached hydrogens (tertiary/aromatic N) is 5. The molecule has 0 unspecified atom stereocenters. The van der Waals surface area contributed by atoms with Gasteiger partial charge in [0.1, 0.15) is 10.7 Å². The third-order valence-electron chi connectivity index (χ3n) is 4.66. The van der Waals surface area contributed by atoms with E-state index < -0.39 is 21.7 Å². The zero-order chi connectivity index (χ0) is 23.6. The van der Waals surface area contributed by atoms with Gasteiger partial charge in [0.2, 0.25) is 11.8 Å². The monoisotopic (exact) mass is 470 g/mol. The lowest BCUT2D eigenvalue weighted by Crippen LogP contribution is -2.16. The number of hydrogen-bond acceptors (Lipinski definition) is 10. The van der Waals surface area contributed by atoms with Crippen LogP contribution >= 0.6 is 0 Å².